The lowest BCUT2D eigenvalue weighted by Gasteiger charge is -2.25. The monoisotopic (exact) mass is 252 g/mol. The Labute approximate surface area is 107 Å². The lowest BCUT2D eigenvalue weighted by Crippen LogP contribution is -2.41. The molecule has 3 nitrogen and oxygen atoms in total. The van der Waals surface area contributed by atoms with Crippen molar-refractivity contribution in [3.63, 3.8) is 0 Å². The van der Waals surface area contributed by atoms with Crippen LogP contribution < -0.4 is 5.73 Å². The molecule has 0 spiro atoms. The Bertz CT molecular complexity index is 364. The minimum Gasteiger partial charge on any atom is -0.338 e. The summed E-state index contributed by atoms with van der Waals surface area (Å²) >= 11 is 1.70. The summed E-state index contributed by atoms with van der Waals surface area (Å²) in [5.41, 5.74) is 6.00. The summed E-state index contributed by atoms with van der Waals surface area (Å²) in [6, 6.07) is 4.18. The Hall–Kier alpha value is -0.870. The molecule has 94 valence electrons. The number of hydrogen-bond acceptors (Lipinski definition) is 3. The molecule has 0 aliphatic heterocycles. The van der Waals surface area contributed by atoms with E-state index in [4.69, 9.17) is 5.73 Å². The molecule has 0 saturated heterocycles. The molecule has 2 unspecified atom stereocenters. The zero-order valence-electron chi connectivity index (χ0n) is 10.3. The summed E-state index contributed by atoms with van der Waals surface area (Å²) in [7, 11) is 0. The number of nitrogens with zero attached hydrogens (tertiary/aromatic N) is 1. The van der Waals surface area contributed by atoms with Crippen LogP contribution in [0.3, 0.4) is 0 Å². The van der Waals surface area contributed by atoms with Crippen LogP contribution in [0.5, 0.6) is 0 Å². The van der Waals surface area contributed by atoms with Crippen LogP contribution in [0.4, 0.5) is 0 Å². The van der Waals surface area contributed by atoms with Gasteiger partial charge in [0.2, 0.25) is 5.91 Å². The van der Waals surface area contributed by atoms with Crippen molar-refractivity contribution in [2.45, 2.75) is 38.8 Å². The molecular weight excluding hydrogens is 232 g/mol. The average molecular weight is 252 g/mol. The second-order valence-electron chi connectivity index (χ2n) is 4.63. The first-order chi connectivity index (χ1) is 8.22. The zero-order valence-corrected chi connectivity index (χ0v) is 11.1. The lowest BCUT2D eigenvalue weighted by molar-refractivity contribution is -0.136. The molecule has 2 rings (SSSR count). The van der Waals surface area contributed by atoms with Gasteiger partial charge in [-0.05, 0) is 31.2 Å². The molecule has 1 saturated carbocycles. The van der Waals surface area contributed by atoms with E-state index < -0.39 is 0 Å². The van der Waals surface area contributed by atoms with E-state index >= 15 is 0 Å². The van der Waals surface area contributed by atoms with Gasteiger partial charge < -0.3 is 10.6 Å². The van der Waals surface area contributed by atoms with Crippen LogP contribution in [0.1, 0.15) is 31.1 Å². The number of hydrogen-bond donors (Lipinski definition) is 1. The van der Waals surface area contributed by atoms with Gasteiger partial charge in [-0.25, -0.2) is 0 Å². The topological polar surface area (TPSA) is 46.3 Å². The molecular formula is C13H20N2OS. The fourth-order valence-electron chi connectivity index (χ4n) is 2.47. The van der Waals surface area contributed by atoms with Gasteiger partial charge >= 0.3 is 0 Å². The molecule has 1 aliphatic carbocycles. The highest BCUT2D eigenvalue weighted by Crippen LogP contribution is 2.26. The van der Waals surface area contributed by atoms with Crippen molar-refractivity contribution in [1.82, 2.24) is 4.90 Å². The third kappa shape index (κ3) is 2.87. The molecule has 2 atom stereocenters. The van der Waals surface area contributed by atoms with E-state index in [1.807, 2.05) is 17.9 Å². The number of amides is 1. The molecule has 17 heavy (non-hydrogen) atoms. The molecule has 1 heterocycles. The van der Waals surface area contributed by atoms with Gasteiger partial charge in [0.05, 0.1) is 12.5 Å². The highest BCUT2D eigenvalue weighted by molar-refractivity contribution is 7.09. The van der Waals surface area contributed by atoms with Gasteiger partial charge in [0.25, 0.3) is 0 Å². The van der Waals surface area contributed by atoms with Gasteiger partial charge in [-0.2, -0.15) is 0 Å². The zero-order chi connectivity index (χ0) is 12.3. The Morgan fingerprint density at radius 2 is 2.41 bits per heavy atom. The van der Waals surface area contributed by atoms with Crippen LogP contribution in [0.15, 0.2) is 17.5 Å². The summed E-state index contributed by atoms with van der Waals surface area (Å²) in [6.45, 7) is 3.53. The molecule has 1 aromatic rings. The third-order valence-corrected chi connectivity index (χ3v) is 4.37. The Morgan fingerprint density at radius 1 is 1.59 bits per heavy atom. The van der Waals surface area contributed by atoms with E-state index in [-0.39, 0.29) is 17.9 Å². The fourth-order valence-corrected chi connectivity index (χ4v) is 3.19. The van der Waals surface area contributed by atoms with E-state index in [1.54, 1.807) is 11.3 Å². The van der Waals surface area contributed by atoms with Gasteiger partial charge in [0.15, 0.2) is 0 Å². The standard InChI is InChI=1S/C13H20N2OS/c1-2-15(9-10-5-4-8-17-10)13(16)11-6-3-7-12(11)14/h4-5,8,11-12H,2-3,6-7,9,14H2,1H3. The molecule has 1 fully saturated rings. The SMILES string of the molecule is CCN(Cc1cccs1)C(=O)C1CCCC1N. The summed E-state index contributed by atoms with van der Waals surface area (Å²) in [5.74, 6) is 0.292. The quantitative estimate of drug-likeness (QED) is 0.893. The van der Waals surface area contributed by atoms with Crippen molar-refractivity contribution in [3.05, 3.63) is 22.4 Å². The molecule has 1 aliphatic rings. The molecule has 0 aromatic carbocycles. The average Bonchev–Trinajstić information content (AvgIpc) is 2.96. The van der Waals surface area contributed by atoms with Crippen molar-refractivity contribution < 1.29 is 4.79 Å². The summed E-state index contributed by atoms with van der Waals surface area (Å²) < 4.78 is 0. The van der Waals surface area contributed by atoms with Crippen molar-refractivity contribution >= 4 is 17.2 Å². The Kier molecular flexibility index (Phi) is 4.18. The van der Waals surface area contributed by atoms with Gasteiger partial charge in [0, 0.05) is 17.5 Å². The number of carbonyl (C=O) groups excluding carboxylic acids is 1. The van der Waals surface area contributed by atoms with Gasteiger partial charge in [0.1, 0.15) is 0 Å². The van der Waals surface area contributed by atoms with Crippen LogP contribution >= 0.6 is 11.3 Å². The third-order valence-electron chi connectivity index (χ3n) is 3.51. The van der Waals surface area contributed by atoms with Crippen molar-refractivity contribution in [2.75, 3.05) is 6.54 Å². The molecule has 4 heteroatoms. The summed E-state index contributed by atoms with van der Waals surface area (Å²) in [4.78, 5) is 15.5. The molecule has 0 radical (unpaired) electrons. The van der Waals surface area contributed by atoms with Crippen molar-refractivity contribution in [3.8, 4) is 0 Å². The van der Waals surface area contributed by atoms with Crippen LogP contribution in [-0.4, -0.2) is 23.4 Å². The Balaban J connectivity index is 2.00. The summed E-state index contributed by atoms with van der Waals surface area (Å²) in [6.07, 6.45) is 3.04. The van der Waals surface area contributed by atoms with Crippen LogP contribution in [0.2, 0.25) is 0 Å². The van der Waals surface area contributed by atoms with Gasteiger partial charge in [-0.3, -0.25) is 4.79 Å². The number of rotatable bonds is 4. The van der Waals surface area contributed by atoms with Gasteiger partial charge in [-0.1, -0.05) is 12.5 Å². The first kappa shape index (κ1) is 12.6. The highest BCUT2D eigenvalue weighted by atomic mass is 32.1. The van der Waals surface area contributed by atoms with Crippen LogP contribution in [0.25, 0.3) is 0 Å². The minimum atomic E-state index is 0.0508. The second kappa shape index (κ2) is 5.65. The van der Waals surface area contributed by atoms with Crippen LogP contribution in [0, 0.1) is 5.92 Å². The normalized spacial score (nSPS) is 23.9. The second-order valence-corrected chi connectivity index (χ2v) is 5.67. The smallest absolute Gasteiger partial charge is 0.227 e. The van der Waals surface area contributed by atoms with Gasteiger partial charge in [-0.15, -0.1) is 11.3 Å². The van der Waals surface area contributed by atoms with E-state index in [9.17, 15) is 4.79 Å². The van der Waals surface area contributed by atoms with Crippen molar-refractivity contribution in [2.24, 2.45) is 11.7 Å². The number of thiophene rings is 1. The van der Waals surface area contributed by atoms with E-state index in [2.05, 4.69) is 11.4 Å². The predicted molar refractivity (Wildman–Crippen MR) is 70.7 cm³/mol. The largest absolute Gasteiger partial charge is 0.338 e. The first-order valence-corrected chi connectivity index (χ1v) is 7.17. The van der Waals surface area contributed by atoms with E-state index in [0.29, 0.717) is 0 Å². The summed E-state index contributed by atoms with van der Waals surface area (Å²) in [5, 5.41) is 2.05. The number of carbonyl (C=O) groups is 1. The molecule has 1 aromatic heterocycles. The maximum absolute atomic E-state index is 12.4. The predicted octanol–water partition coefficient (Wildman–Crippen LogP) is 2.22. The Morgan fingerprint density at radius 3 is 2.94 bits per heavy atom. The molecule has 0 bridgehead atoms. The number of nitrogens with two attached hydrogens (primary N) is 1. The molecule has 2 N–H and O–H groups in total. The maximum Gasteiger partial charge on any atom is 0.227 e. The fraction of sp³-hybridized carbons (Fsp3) is 0.615. The highest BCUT2D eigenvalue weighted by Gasteiger charge is 2.32. The van der Waals surface area contributed by atoms with Crippen molar-refractivity contribution in [1.29, 1.82) is 0 Å². The molecule has 1 amide bonds. The maximum atomic E-state index is 12.4. The van der Waals surface area contributed by atoms with E-state index in [0.717, 1.165) is 32.4 Å². The van der Waals surface area contributed by atoms with Crippen LogP contribution in [-0.2, 0) is 11.3 Å². The first-order valence-electron chi connectivity index (χ1n) is 6.29. The minimum absolute atomic E-state index is 0.0508. The van der Waals surface area contributed by atoms with E-state index in [1.165, 1.54) is 4.88 Å². The lowest BCUT2D eigenvalue weighted by atomic mass is 10.0.